The van der Waals surface area contributed by atoms with Gasteiger partial charge in [-0.15, -0.1) is 0 Å². The number of amidine groups is 1. The summed E-state index contributed by atoms with van der Waals surface area (Å²) < 4.78 is 6.59. The van der Waals surface area contributed by atoms with Gasteiger partial charge in [-0.3, -0.25) is 5.32 Å². The Balaban J connectivity index is 1.03. The van der Waals surface area contributed by atoms with Gasteiger partial charge in [0.1, 0.15) is 29.7 Å². The van der Waals surface area contributed by atoms with Crippen LogP contribution in [0.2, 0.25) is 0 Å². The SMILES string of the molecule is N#Cc1ccc(-c2ccc(-c3cccc(C4NC(c5cccc6c5-c5ccccc5C65c6ccccc6Oc6ccccc65)=NC(c5ccccc5)N4)c3)cc2)cc1. The lowest BCUT2D eigenvalue weighted by molar-refractivity contribution is 0.409. The number of ether oxygens (including phenoxy) is 1. The minimum atomic E-state index is -0.566. The van der Waals surface area contributed by atoms with Crippen LogP contribution < -0.4 is 15.4 Å². The van der Waals surface area contributed by atoms with Crippen LogP contribution in [0.25, 0.3) is 33.4 Å². The van der Waals surface area contributed by atoms with Gasteiger partial charge in [0, 0.05) is 16.7 Å². The molecule has 2 heterocycles. The van der Waals surface area contributed by atoms with Crippen molar-refractivity contribution >= 4 is 5.84 Å². The third-order valence-corrected chi connectivity index (χ3v) is 11.9. The highest BCUT2D eigenvalue weighted by Crippen LogP contribution is 2.62. The second kappa shape index (κ2) is 13.6. The molecule has 2 N–H and O–H groups in total. The van der Waals surface area contributed by atoms with Gasteiger partial charge in [0.05, 0.1) is 17.0 Å². The molecule has 2 unspecified atom stereocenters. The predicted octanol–water partition coefficient (Wildman–Crippen LogP) is 11.7. The van der Waals surface area contributed by atoms with Crippen LogP contribution in [0.5, 0.6) is 11.5 Å². The van der Waals surface area contributed by atoms with E-state index in [9.17, 15) is 5.26 Å². The van der Waals surface area contributed by atoms with Crippen LogP contribution in [0.3, 0.4) is 0 Å². The average molecular weight is 745 g/mol. The minimum Gasteiger partial charge on any atom is -0.457 e. The highest BCUT2D eigenvalue weighted by Gasteiger charge is 2.51. The fourth-order valence-electron chi connectivity index (χ4n) is 9.26. The third kappa shape index (κ3) is 5.31. The quantitative estimate of drug-likeness (QED) is 0.184. The second-order valence-electron chi connectivity index (χ2n) is 15.0. The first-order valence-electron chi connectivity index (χ1n) is 19.7. The Bertz CT molecular complexity index is 2900. The molecule has 0 fully saturated rings. The number of benzene rings is 8. The van der Waals surface area contributed by atoms with Gasteiger partial charge in [-0.05, 0) is 86.0 Å². The zero-order chi connectivity index (χ0) is 38.6. The third-order valence-electron chi connectivity index (χ3n) is 11.9. The number of hydrogen-bond acceptors (Lipinski definition) is 5. The van der Waals surface area contributed by atoms with Crippen LogP contribution >= 0.6 is 0 Å². The molecule has 2 aliphatic heterocycles. The summed E-state index contributed by atoms with van der Waals surface area (Å²) in [5.74, 6) is 2.59. The van der Waals surface area contributed by atoms with Crippen LogP contribution in [0, 0.1) is 11.3 Å². The van der Waals surface area contributed by atoms with E-state index in [0.717, 1.165) is 67.4 Å². The first-order valence-corrected chi connectivity index (χ1v) is 19.7. The van der Waals surface area contributed by atoms with Crippen molar-refractivity contribution in [3.05, 3.63) is 239 Å². The fraction of sp³-hybridized carbons (Fsp3) is 0.0566. The van der Waals surface area contributed by atoms with Crippen molar-refractivity contribution in [1.29, 1.82) is 5.26 Å². The maximum Gasteiger partial charge on any atom is 0.132 e. The summed E-state index contributed by atoms with van der Waals surface area (Å²) in [7, 11) is 0. The second-order valence-corrected chi connectivity index (χ2v) is 15.0. The summed E-state index contributed by atoms with van der Waals surface area (Å²) in [5.41, 5.74) is 14.9. The molecule has 0 saturated carbocycles. The molecule has 58 heavy (non-hydrogen) atoms. The molecular weight excluding hydrogens is 709 g/mol. The van der Waals surface area contributed by atoms with Crippen molar-refractivity contribution in [2.24, 2.45) is 4.99 Å². The molecule has 8 aromatic rings. The largest absolute Gasteiger partial charge is 0.457 e. The topological polar surface area (TPSA) is 69.4 Å². The molecule has 274 valence electrons. The molecule has 0 radical (unpaired) electrons. The van der Waals surface area contributed by atoms with Crippen molar-refractivity contribution in [3.8, 4) is 50.9 Å². The van der Waals surface area contributed by atoms with Gasteiger partial charge in [-0.1, -0.05) is 164 Å². The number of nitriles is 1. The zero-order valence-electron chi connectivity index (χ0n) is 31.4. The lowest BCUT2D eigenvalue weighted by atomic mass is 9.66. The first kappa shape index (κ1) is 33.8. The Morgan fingerprint density at radius 3 is 1.76 bits per heavy atom. The summed E-state index contributed by atoms with van der Waals surface area (Å²) in [6.07, 6.45) is -0.523. The highest BCUT2D eigenvalue weighted by molar-refractivity contribution is 6.08. The van der Waals surface area contributed by atoms with E-state index in [1.807, 2.05) is 30.3 Å². The van der Waals surface area contributed by atoms with Gasteiger partial charge < -0.3 is 10.1 Å². The summed E-state index contributed by atoms with van der Waals surface area (Å²) in [6.45, 7) is 0. The van der Waals surface area contributed by atoms with Crippen LogP contribution in [0.1, 0.15) is 56.8 Å². The van der Waals surface area contributed by atoms with E-state index in [4.69, 9.17) is 9.73 Å². The van der Waals surface area contributed by atoms with Gasteiger partial charge >= 0.3 is 0 Å². The predicted molar refractivity (Wildman–Crippen MR) is 231 cm³/mol. The van der Waals surface area contributed by atoms with E-state index in [0.29, 0.717) is 5.56 Å². The van der Waals surface area contributed by atoms with E-state index >= 15 is 0 Å². The maximum absolute atomic E-state index is 9.23. The number of rotatable bonds is 5. The van der Waals surface area contributed by atoms with Crippen LogP contribution in [-0.4, -0.2) is 5.84 Å². The summed E-state index contributed by atoms with van der Waals surface area (Å²) >= 11 is 0. The normalized spacial score (nSPS) is 16.7. The number of nitrogens with one attached hydrogen (secondary N) is 2. The Hall–Kier alpha value is -7.52. The molecular formula is C53H36N4O. The van der Waals surface area contributed by atoms with E-state index in [-0.39, 0.29) is 12.3 Å². The monoisotopic (exact) mass is 744 g/mol. The molecule has 0 amide bonds. The van der Waals surface area contributed by atoms with Crippen molar-refractivity contribution in [2.75, 3.05) is 0 Å². The van der Waals surface area contributed by atoms with Crippen LogP contribution in [0.15, 0.2) is 199 Å². The molecule has 8 aromatic carbocycles. The van der Waals surface area contributed by atoms with Gasteiger partial charge in [0.25, 0.3) is 0 Å². The molecule has 5 nitrogen and oxygen atoms in total. The number of nitrogens with zero attached hydrogens (tertiary/aromatic N) is 2. The van der Waals surface area contributed by atoms with E-state index in [1.54, 1.807) is 0 Å². The van der Waals surface area contributed by atoms with E-state index in [1.165, 1.54) is 22.3 Å². The lowest BCUT2D eigenvalue weighted by Gasteiger charge is -2.39. The van der Waals surface area contributed by atoms with E-state index in [2.05, 4.69) is 180 Å². The summed E-state index contributed by atoms with van der Waals surface area (Å²) in [5, 5.41) is 17.0. The Morgan fingerprint density at radius 2 is 1.05 bits per heavy atom. The van der Waals surface area contributed by atoms with Gasteiger partial charge in [-0.2, -0.15) is 5.26 Å². The Kier molecular flexibility index (Phi) is 7.92. The standard InChI is InChI=1S/C53H36N4O/c54-33-34-24-26-35(27-25-34)36-28-30-37(31-29-36)39-14-10-15-40(32-39)51-55-50(38-12-2-1-3-13-38)56-52(57-51)42-17-11-21-46-49(42)41-16-4-5-18-43(41)53(46)44-19-6-8-22-47(44)58-48-23-9-7-20-45(48)53/h1-32,50-51,55H,(H,56,57). The van der Waals surface area contributed by atoms with Crippen molar-refractivity contribution in [1.82, 2.24) is 10.6 Å². The van der Waals surface area contributed by atoms with Gasteiger partial charge in [-0.25, -0.2) is 4.99 Å². The molecule has 11 rings (SSSR count). The number of para-hydroxylation sites is 2. The first-order chi connectivity index (χ1) is 28.7. The number of fused-ring (bicyclic) bond motifs is 9. The number of aliphatic imine (C=N–C) groups is 1. The van der Waals surface area contributed by atoms with E-state index < -0.39 is 5.41 Å². The fourth-order valence-corrected chi connectivity index (χ4v) is 9.26. The molecule has 1 aliphatic carbocycles. The van der Waals surface area contributed by atoms with Crippen LogP contribution in [-0.2, 0) is 5.41 Å². The molecule has 0 aromatic heterocycles. The molecule has 5 heteroatoms. The lowest BCUT2D eigenvalue weighted by Crippen LogP contribution is -2.45. The maximum atomic E-state index is 9.23. The van der Waals surface area contributed by atoms with Crippen LogP contribution in [0.4, 0.5) is 0 Å². The average Bonchev–Trinajstić information content (AvgIpc) is 3.60. The molecule has 3 aliphatic rings. The van der Waals surface area contributed by atoms with Crippen molar-refractivity contribution in [2.45, 2.75) is 17.7 Å². The zero-order valence-corrected chi connectivity index (χ0v) is 31.4. The van der Waals surface area contributed by atoms with Gasteiger partial charge in [0.2, 0.25) is 0 Å². The highest BCUT2D eigenvalue weighted by atomic mass is 16.5. The van der Waals surface area contributed by atoms with Crippen molar-refractivity contribution in [3.63, 3.8) is 0 Å². The molecule has 0 bridgehead atoms. The van der Waals surface area contributed by atoms with Crippen molar-refractivity contribution < 1.29 is 4.74 Å². The molecule has 2 atom stereocenters. The molecule has 1 spiro atoms. The number of hydrogen-bond donors (Lipinski definition) is 2. The smallest absolute Gasteiger partial charge is 0.132 e. The minimum absolute atomic E-state index is 0.235. The Labute approximate surface area is 337 Å². The summed E-state index contributed by atoms with van der Waals surface area (Å²) in [4.78, 5) is 5.45. The summed E-state index contributed by atoms with van der Waals surface area (Å²) in [6, 6.07) is 70.3. The Morgan fingerprint density at radius 1 is 0.500 bits per heavy atom. The molecule has 0 saturated heterocycles. The van der Waals surface area contributed by atoms with Gasteiger partial charge in [0.15, 0.2) is 0 Å².